The number of aromatic nitrogens is 1. The predicted molar refractivity (Wildman–Crippen MR) is 90.4 cm³/mol. The number of nitrogens with one attached hydrogen (secondary N) is 1. The molecule has 0 radical (unpaired) electrons. The molecule has 4 rings (SSSR count). The van der Waals surface area contributed by atoms with Crippen molar-refractivity contribution < 1.29 is 18.0 Å². The standard InChI is InChI=1S/C18H13ClF3N3O/c1-23-15-10-3-2-9(18(20,21)22)8-12(10)17(16(26)25-15)7-6-13-11(17)4-5-14(19)24-13/h2-5,8H,6-7H2,1H3,(H,23,25,26)/t17-/m0/s1. The zero-order chi connectivity index (χ0) is 18.7. The minimum Gasteiger partial charge on any atom is -0.309 e. The van der Waals surface area contributed by atoms with Crippen molar-refractivity contribution in [3.8, 4) is 0 Å². The Morgan fingerprint density at radius 3 is 2.69 bits per heavy atom. The Balaban J connectivity index is 2.03. The molecule has 1 aliphatic carbocycles. The molecule has 0 bridgehead atoms. The number of hydrogen-bond donors (Lipinski definition) is 1. The molecule has 0 unspecified atom stereocenters. The summed E-state index contributed by atoms with van der Waals surface area (Å²) >= 11 is 5.94. The van der Waals surface area contributed by atoms with Crippen LogP contribution in [0.15, 0.2) is 35.3 Å². The largest absolute Gasteiger partial charge is 0.416 e. The average molecular weight is 380 g/mol. The van der Waals surface area contributed by atoms with E-state index in [0.717, 1.165) is 12.1 Å². The smallest absolute Gasteiger partial charge is 0.309 e. The lowest BCUT2D eigenvalue weighted by Gasteiger charge is -2.36. The fourth-order valence-corrected chi connectivity index (χ4v) is 4.04. The number of aryl methyl sites for hydroxylation is 1. The van der Waals surface area contributed by atoms with Gasteiger partial charge in [-0.2, -0.15) is 13.2 Å². The second-order valence-electron chi connectivity index (χ2n) is 6.32. The zero-order valence-electron chi connectivity index (χ0n) is 13.6. The van der Waals surface area contributed by atoms with Gasteiger partial charge in [-0.25, -0.2) is 4.98 Å². The minimum atomic E-state index is -4.51. The first-order valence-corrected chi connectivity index (χ1v) is 8.31. The lowest BCUT2D eigenvalue weighted by molar-refractivity contribution is -0.138. The van der Waals surface area contributed by atoms with Crippen molar-refractivity contribution in [2.45, 2.75) is 24.4 Å². The van der Waals surface area contributed by atoms with E-state index in [9.17, 15) is 18.0 Å². The summed E-state index contributed by atoms with van der Waals surface area (Å²) in [6, 6.07) is 6.66. The van der Waals surface area contributed by atoms with Crippen LogP contribution in [0.2, 0.25) is 5.15 Å². The molecule has 1 aliphatic heterocycles. The number of amidine groups is 1. The van der Waals surface area contributed by atoms with Crippen LogP contribution in [0.5, 0.6) is 0 Å². The molecule has 1 N–H and O–H groups in total. The van der Waals surface area contributed by atoms with E-state index < -0.39 is 23.1 Å². The number of aliphatic imine (C=N–C) groups is 1. The molecule has 0 saturated carbocycles. The molecule has 134 valence electrons. The van der Waals surface area contributed by atoms with Gasteiger partial charge >= 0.3 is 6.18 Å². The summed E-state index contributed by atoms with van der Waals surface area (Å²) in [6.45, 7) is 0. The van der Waals surface area contributed by atoms with Crippen LogP contribution in [0.25, 0.3) is 0 Å². The van der Waals surface area contributed by atoms with Crippen LogP contribution in [0.3, 0.4) is 0 Å². The van der Waals surface area contributed by atoms with Crippen LogP contribution in [-0.2, 0) is 22.8 Å². The molecule has 2 aliphatic rings. The maximum Gasteiger partial charge on any atom is 0.416 e. The first kappa shape index (κ1) is 17.0. The van der Waals surface area contributed by atoms with E-state index in [1.165, 1.54) is 13.1 Å². The Labute approximate surface area is 152 Å². The number of halogens is 4. The van der Waals surface area contributed by atoms with Crippen molar-refractivity contribution in [2.24, 2.45) is 4.99 Å². The first-order chi connectivity index (χ1) is 12.3. The molecular formula is C18H13ClF3N3O. The van der Waals surface area contributed by atoms with Gasteiger partial charge in [0.25, 0.3) is 0 Å². The molecule has 1 spiro atoms. The van der Waals surface area contributed by atoms with Crippen molar-refractivity contribution in [3.05, 3.63) is 63.4 Å². The summed E-state index contributed by atoms with van der Waals surface area (Å²) < 4.78 is 39.9. The normalized spacial score (nSPS) is 23.1. The fraction of sp³-hybridized carbons (Fsp3) is 0.278. The lowest BCUT2D eigenvalue weighted by Crippen LogP contribution is -2.52. The van der Waals surface area contributed by atoms with E-state index in [1.807, 2.05) is 0 Å². The van der Waals surface area contributed by atoms with E-state index in [0.29, 0.717) is 35.2 Å². The summed E-state index contributed by atoms with van der Waals surface area (Å²) in [6.07, 6.45) is -3.72. The summed E-state index contributed by atoms with van der Waals surface area (Å²) in [5, 5.41) is 3.03. The van der Waals surface area contributed by atoms with Crippen molar-refractivity contribution in [1.29, 1.82) is 0 Å². The van der Waals surface area contributed by atoms with Gasteiger partial charge in [0.2, 0.25) is 5.91 Å². The Hall–Kier alpha value is -2.41. The summed E-state index contributed by atoms with van der Waals surface area (Å²) in [5.41, 5.74) is -0.000772. The first-order valence-electron chi connectivity index (χ1n) is 7.93. The molecule has 2 aromatic rings. The second-order valence-corrected chi connectivity index (χ2v) is 6.71. The summed E-state index contributed by atoms with van der Waals surface area (Å²) in [7, 11) is 1.49. The molecule has 1 aromatic carbocycles. The number of rotatable bonds is 0. The Morgan fingerprint density at radius 1 is 1.23 bits per heavy atom. The lowest BCUT2D eigenvalue weighted by atomic mass is 9.70. The van der Waals surface area contributed by atoms with Gasteiger partial charge in [0.05, 0.1) is 5.56 Å². The van der Waals surface area contributed by atoms with Crippen LogP contribution in [0, 0.1) is 0 Å². The van der Waals surface area contributed by atoms with Gasteiger partial charge in [-0.05, 0) is 42.2 Å². The van der Waals surface area contributed by atoms with Gasteiger partial charge in [-0.1, -0.05) is 23.7 Å². The topological polar surface area (TPSA) is 54.4 Å². The third-order valence-electron chi connectivity index (χ3n) is 5.04. The fourth-order valence-electron chi connectivity index (χ4n) is 3.87. The molecule has 1 aromatic heterocycles. The van der Waals surface area contributed by atoms with E-state index in [-0.39, 0.29) is 11.0 Å². The number of carbonyl (C=O) groups excluding carboxylic acids is 1. The highest BCUT2D eigenvalue weighted by Gasteiger charge is 2.52. The molecular weight excluding hydrogens is 367 g/mol. The summed E-state index contributed by atoms with van der Waals surface area (Å²) in [5.74, 6) is -0.132. The van der Waals surface area contributed by atoms with E-state index in [2.05, 4.69) is 15.3 Å². The van der Waals surface area contributed by atoms with Gasteiger partial charge < -0.3 is 5.32 Å². The number of amides is 1. The maximum absolute atomic E-state index is 13.3. The molecule has 8 heteroatoms. The van der Waals surface area contributed by atoms with Gasteiger partial charge in [0, 0.05) is 18.3 Å². The zero-order valence-corrected chi connectivity index (χ0v) is 14.4. The molecule has 4 nitrogen and oxygen atoms in total. The van der Waals surface area contributed by atoms with Gasteiger partial charge in [0.1, 0.15) is 16.4 Å². The Kier molecular flexibility index (Phi) is 3.63. The Bertz CT molecular complexity index is 971. The number of nitrogens with zero attached hydrogens (tertiary/aromatic N) is 2. The van der Waals surface area contributed by atoms with E-state index in [1.54, 1.807) is 12.1 Å². The predicted octanol–water partition coefficient (Wildman–Crippen LogP) is 3.49. The second kappa shape index (κ2) is 5.54. The van der Waals surface area contributed by atoms with Crippen molar-refractivity contribution in [2.75, 3.05) is 7.05 Å². The summed E-state index contributed by atoms with van der Waals surface area (Å²) in [4.78, 5) is 21.3. The number of hydrogen-bond acceptors (Lipinski definition) is 3. The quantitative estimate of drug-likeness (QED) is 0.712. The highest BCUT2D eigenvalue weighted by atomic mass is 35.5. The number of carbonyl (C=O) groups is 1. The van der Waals surface area contributed by atoms with Crippen molar-refractivity contribution in [3.63, 3.8) is 0 Å². The maximum atomic E-state index is 13.3. The van der Waals surface area contributed by atoms with Gasteiger partial charge in [-0.3, -0.25) is 9.79 Å². The number of pyridine rings is 1. The molecule has 26 heavy (non-hydrogen) atoms. The van der Waals surface area contributed by atoms with Crippen molar-refractivity contribution in [1.82, 2.24) is 10.3 Å². The SMILES string of the molecule is CN=C1NC(=O)[C@]2(CCc3nc(Cl)ccc32)c2cc(C(F)(F)F)ccc21. The molecule has 0 saturated heterocycles. The minimum absolute atomic E-state index is 0.264. The third kappa shape index (κ3) is 2.26. The highest BCUT2D eigenvalue weighted by Crippen LogP contribution is 2.48. The van der Waals surface area contributed by atoms with Gasteiger partial charge in [-0.15, -0.1) is 0 Å². The van der Waals surface area contributed by atoms with Crippen LogP contribution >= 0.6 is 11.6 Å². The molecule has 2 heterocycles. The van der Waals surface area contributed by atoms with Crippen molar-refractivity contribution >= 4 is 23.3 Å². The number of alkyl halides is 3. The third-order valence-corrected chi connectivity index (χ3v) is 5.25. The van der Waals surface area contributed by atoms with Gasteiger partial charge in [0.15, 0.2) is 0 Å². The molecule has 0 fully saturated rings. The van der Waals surface area contributed by atoms with Crippen LogP contribution in [0.1, 0.15) is 34.4 Å². The van der Waals surface area contributed by atoms with Crippen LogP contribution in [0.4, 0.5) is 13.2 Å². The molecule has 1 atom stereocenters. The van der Waals surface area contributed by atoms with E-state index >= 15 is 0 Å². The average Bonchev–Trinajstić information content (AvgIpc) is 2.96. The Morgan fingerprint density at radius 2 is 2.00 bits per heavy atom. The van der Waals surface area contributed by atoms with Crippen LogP contribution in [-0.4, -0.2) is 23.8 Å². The molecule has 1 amide bonds. The highest BCUT2D eigenvalue weighted by molar-refractivity contribution is 6.29. The number of fused-ring (bicyclic) bond motifs is 4. The van der Waals surface area contributed by atoms with E-state index in [4.69, 9.17) is 11.6 Å². The number of benzene rings is 1. The monoisotopic (exact) mass is 379 g/mol. The van der Waals surface area contributed by atoms with Crippen LogP contribution < -0.4 is 5.32 Å².